The molecular formula is C20H17ClFNO3. The van der Waals surface area contributed by atoms with Crippen molar-refractivity contribution in [1.82, 2.24) is 0 Å². The fourth-order valence-electron chi connectivity index (χ4n) is 3.54. The molecule has 2 heterocycles. The van der Waals surface area contributed by atoms with Crippen LogP contribution in [0.4, 0.5) is 4.39 Å². The third-order valence-electron chi connectivity index (χ3n) is 4.91. The summed E-state index contributed by atoms with van der Waals surface area (Å²) in [6.07, 6.45) is 3.57. The van der Waals surface area contributed by atoms with E-state index in [1.807, 2.05) is 0 Å². The SMILES string of the molecule is O=C1/C(=C/c2c(F)cccc2Cl)Oc2c1ccc([O-])c2C[NH+]1CCCC1. The second-order valence-electron chi connectivity index (χ2n) is 6.63. The minimum absolute atomic E-state index is 0.0183. The molecule has 26 heavy (non-hydrogen) atoms. The predicted octanol–water partition coefficient (Wildman–Crippen LogP) is 2.35. The Kier molecular flexibility index (Phi) is 4.42. The molecule has 0 aromatic heterocycles. The van der Waals surface area contributed by atoms with Crippen molar-refractivity contribution >= 4 is 23.5 Å². The lowest BCUT2D eigenvalue weighted by Crippen LogP contribution is -3.08. The third kappa shape index (κ3) is 2.97. The Bertz CT molecular complexity index is 899. The molecule has 1 N–H and O–H groups in total. The van der Waals surface area contributed by atoms with Crippen LogP contribution >= 0.6 is 11.6 Å². The zero-order valence-corrected chi connectivity index (χ0v) is 14.7. The van der Waals surface area contributed by atoms with Crippen LogP contribution in [0, 0.1) is 5.82 Å². The summed E-state index contributed by atoms with van der Waals surface area (Å²) in [6.45, 7) is 2.54. The first-order valence-electron chi connectivity index (χ1n) is 8.59. The van der Waals surface area contributed by atoms with Gasteiger partial charge in [-0.1, -0.05) is 29.5 Å². The zero-order chi connectivity index (χ0) is 18.3. The van der Waals surface area contributed by atoms with Crippen molar-refractivity contribution in [2.75, 3.05) is 13.1 Å². The molecule has 4 nitrogen and oxygen atoms in total. The van der Waals surface area contributed by atoms with E-state index in [0.717, 1.165) is 25.9 Å². The number of nitrogens with one attached hydrogen (secondary N) is 1. The molecule has 0 aliphatic carbocycles. The van der Waals surface area contributed by atoms with E-state index >= 15 is 0 Å². The van der Waals surface area contributed by atoms with E-state index in [1.54, 1.807) is 6.07 Å². The number of Topliss-reactive ketones (excluding diaryl/α,β-unsaturated/α-hetero) is 1. The van der Waals surface area contributed by atoms with E-state index < -0.39 is 5.82 Å². The monoisotopic (exact) mass is 373 g/mol. The van der Waals surface area contributed by atoms with Gasteiger partial charge in [0.05, 0.1) is 23.7 Å². The Morgan fingerprint density at radius 1 is 1.23 bits per heavy atom. The van der Waals surface area contributed by atoms with Gasteiger partial charge in [-0.3, -0.25) is 4.79 Å². The molecular weight excluding hydrogens is 357 g/mol. The van der Waals surface area contributed by atoms with Crippen LogP contribution in [0.25, 0.3) is 6.08 Å². The molecule has 2 aromatic carbocycles. The Morgan fingerprint density at radius 2 is 2.00 bits per heavy atom. The second kappa shape index (κ2) is 6.74. The topological polar surface area (TPSA) is 53.8 Å². The molecule has 0 radical (unpaired) electrons. The van der Waals surface area contributed by atoms with E-state index in [1.165, 1.54) is 35.2 Å². The first kappa shape index (κ1) is 17.1. The fourth-order valence-corrected chi connectivity index (χ4v) is 3.76. The van der Waals surface area contributed by atoms with Crippen LogP contribution in [0.3, 0.4) is 0 Å². The molecule has 2 aromatic rings. The van der Waals surface area contributed by atoms with Crippen LogP contribution in [-0.4, -0.2) is 18.9 Å². The number of benzene rings is 2. The first-order chi connectivity index (χ1) is 12.5. The summed E-state index contributed by atoms with van der Waals surface area (Å²) < 4.78 is 19.8. The number of ketones is 1. The second-order valence-corrected chi connectivity index (χ2v) is 7.04. The number of hydrogen-bond acceptors (Lipinski definition) is 3. The number of halogens is 2. The van der Waals surface area contributed by atoms with Crippen molar-refractivity contribution in [3.05, 3.63) is 63.6 Å². The quantitative estimate of drug-likeness (QED) is 0.840. The van der Waals surface area contributed by atoms with Crippen LogP contribution in [0.15, 0.2) is 36.1 Å². The maximum Gasteiger partial charge on any atom is 0.231 e. The van der Waals surface area contributed by atoms with Crippen molar-refractivity contribution in [2.45, 2.75) is 19.4 Å². The van der Waals surface area contributed by atoms with Gasteiger partial charge in [-0.2, -0.15) is 0 Å². The Hall–Kier alpha value is -2.37. The molecule has 1 saturated heterocycles. The molecule has 6 heteroatoms. The number of rotatable bonds is 3. The minimum atomic E-state index is -0.538. The van der Waals surface area contributed by atoms with Gasteiger partial charge in [0.1, 0.15) is 18.1 Å². The van der Waals surface area contributed by atoms with Crippen LogP contribution in [0.2, 0.25) is 5.02 Å². The first-order valence-corrected chi connectivity index (χ1v) is 8.97. The van der Waals surface area contributed by atoms with Gasteiger partial charge in [0, 0.05) is 24.0 Å². The lowest BCUT2D eigenvalue weighted by atomic mass is 10.0. The number of carbonyl (C=O) groups is 1. The van der Waals surface area contributed by atoms with Gasteiger partial charge in [0.15, 0.2) is 5.76 Å². The molecule has 0 unspecified atom stereocenters. The number of quaternary nitrogens is 1. The average molecular weight is 374 g/mol. The van der Waals surface area contributed by atoms with Crippen molar-refractivity contribution in [1.29, 1.82) is 0 Å². The van der Waals surface area contributed by atoms with Gasteiger partial charge < -0.3 is 14.7 Å². The summed E-state index contributed by atoms with van der Waals surface area (Å²) in [4.78, 5) is 14.0. The summed E-state index contributed by atoms with van der Waals surface area (Å²) in [5.41, 5.74) is 0.951. The standard InChI is InChI=1S/C20H17ClFNO3/c21-15-4-3-5-16(22)13(15)10-18-19(25)12-6-7-17(24)14(20(12)26-18)11-23-8-1-2-9-23/h3-7,10,24H,1-2,8-9,11H2/b18-10-. The predicted molar refractivity (Wildman–Crippen MR) is 93.9 cm³/mol. The smallest absolute Gasteiger partial charge is 0.231 e. The summed E-state index contributed by atoms with van der Waals surface area (Å²) in [6, 6.07) is 7.19. The summed E-state index contributed by atoms with van der Waals surface area (Å²) in [5.74, 6) is -0.752. The molecule has 0 amide bonds. The molecule has 134 valence electrons. The number of carbonyl (C=O) groups excluding carboxylic acids is 1. The van der Waals surface area contributed by atoms with Gasteiger partial charge in [0.2, 0.25) is 5.78 Å². The normalized spacial score (nSPS) is 18.4. The van der Waals surface area contributed by atoms with Gasteiger partial charge >= 0.3 is 0 Å². The van der Waals surface area contributed by atoms with Crippen LogP contribution in [0.5, 0.6) is 11.5 Å². The van der Waals surface area contributed by atoms with Crippen LogP contribution < -0.4 is 14.7 Å². The lowest BCUT2D eigenvalue weighted by molar-refractivity contribution is -0.901. The van der Waals surface area contributed by atoms with Crippen LogP contribution in [-0.2, 0) is 6.54 Å². The highest BCUT2D eigenvalue weighted by atomic mass is 35.5. The number of allylic oxidation sites excluding steroid dienone is 1. The molecule has 0 atom stereocenters. The highest BCUT2D eigenvalue weighted by molar-refractivity contribution is 6.32. The zero-order valence-electron chi connectivity index (χ0n) is 14.0. The molecule has 2 aliphatic heterocycles. The highest BCUT2D eigenvalue weighted by Crippen LogP contribution is 2.38. The minimum Gasteiger partial charge on any atom is -0.872 e. The third-order valence-corrected chi connectivity index (χ3v) is 5.24. The van der Waals surface area contributed by atoms with E-state index in [-0.39, 0.29) is 27.9 Å². The molecule has 0 saturated carbocycles. The van der Waals surface area contributed by atoms with Gasteiger partial charge in [-0.05, 0) is 24.3 Å². The molecule has 0 spiro atoms. The van der Waals surface area contributed by atoms with E-state index in [9.17, 15) is 14.3 Å². The Labute approximate surface area is 155 Å². The maximum atomic E-state index is 14.0. The Morgan fingerprint density at radius 3 is 2.73 bits per heavy atom. The summed E-state index contributed by atoms with van der Waals surface area (Å²) in [5, 5.41) is 12.5. The van der Waals surface area contributed by atoms with Crippen molar-refractivity contribution in [3.63, 3.8) is 0 Å². The molecule has 0 bridgehead atoms. The number of ether oxygens (including phenoxy) is 1. The maximum absolute atomic E-state index is 14.0. The van der Waals surface area contributed by atoms with Crippen molar-refractivity contribution in [2.24, 2.45) is 0 Å². The largest absolute Gasteiger partial charge is 0.872 e. The van der Waals surface area contributed by atoms with E-state index in [0.29, 0.717) is 23.4 Å². The van der Waals surface area contributed by atoms with Gasteiger partial charge in [0.25, 0.3) is 0 Å². The molecule has 1 fully saturated rings. The molecule has 4 rings (SSSR count). The lowest BCUT2D eigenvalue weighted by Gasteiger charge is -2.19. The number of hydrogen-bond donors (Lipinski definition) is 1. The van der Waals surface area contributed by atoms with Gasteiger partial charge in [-0.25, -0.2) is 4.39 Å². The molecule has 2 aliphatic rings. The van der Waals surface area contributed by atoms with E-state index in [2.05, 4.69) is 0 Å². The van der Waals surface area contributed by atoms with Crippen molar-refractivity contribution < 1.29 is 23.9 Å². The summed E-state index contributed by atoms with van der Waals surface area (Å²) in [7, 11) is 0. The van der Waals surface area contributed by atoms with Crippen LogP contribution in [0.1, 0.15) is 34.3 Å². The Balaban J connectivity index is 1.72. The summed E-state index contributed by atoms with van der Waals surface area (Å²) >= 11 is 6.03. The number of likely N-dealkylation sites (tertiary alicyclic amines) is 1. The van der Waals surface area contributed by atoms with Gasteiger partial charge in [-0.15, -0.1) is 0 Å². The fraction of sp³-hybridized carbons (Fsp3) is 0.250. The van der Waals surface area contributed by atoms with E-state index in [4.69, 9.17) is 16.3 Å². The van der Waals surface area contributed by atoms with Crippen molar-refractivity contribution in [3.8, 4) is 11.5 Å². The highest BCUT2D eigenvalue weighted by Gasteiger charge is 2.31. The number of fused-ring (bicyclic) bond motifs is 1. The average Bonchev–Trinajstić information content (AvgIpc) is 3.23.